The molecular weight excluding hydrogens is 416 g/mol. The molecule has 0 radical (unpaired) electrons. The molecule has 3 aromatic rings. The van der Waals surface area contributed by atoms with Crippen LogP contribution in [0, 0.1) is 0 Å². The fourth-order valence-corrected chi connectivity index (χ4v) is 4.45. The maximum Gasteiger partial charge on any atom is 0.264 e. The standard InChI is InChI=1S/C23H22N2O5S/c1-25(18-9-3-2-4-10-18)31(27,28)20-11-7-8-17(14-20)23(26)24-15-19-16-29-21-12-5-6-13-22(21)30-19/h2-14,19H,15-16H2,1H3,(H,24,26)/t19-/m1/s1. The number of anilines is 1. The van der Waals surface area contributed by atoms with Gasteiger partial charge in [0.05, 0.1) is 17.1 Å². The Morgan fingerprint density at radius 3 is 2.48 bits per heavy atom. The number of sulfonamides is 1. The molecule has 1 aliphatic heterocycles. The predicted octanol–water partition coefficient (Wildman–Crippen LogP) is 3.08. The highest BCUT2D eigenvalue weighted by atomic mass is 32.2. The number of rotatable bonds is 6. The molecule has 4 rings (SSSR count). The van der Waals surface area contributed by atoms with Crippen LogP contribution in [0.3, 0.4) is 0 Å². The molecule has 0 saturated heterocycles. The van der Waals surface area contributed by atoms with Crippen LogP contribution in [-0.2, 0) is 10.0 Å². The largest absolute Gasteiger partial charge is 0.486 e. The van der Waals surface area contributed by atoms with Gasteiger partial charge in [0.25, 0.3) is 15.9 Å². The number of fused-ring (bicyclic) bond motifs is 1. The number of amides is 1. The number of carbonyl (C=O) groups is 1. The highest BCUT2D eigenvalue weighted by Gasteiger charge is 2.24. The smallest absolute Gasteiger partial charge is 0.264 e. The number of nitrogens with zero attached hydrogens (tertiary/aromatic N) is 1. The number of benzene rings is 3. The summed E-state index contributed by atoms with van der Waals surface area (Å²) in [6.45, 7) is 0.543. The van der Waals surface area contributed by atoms with Crippen LogP contribution >= 0.6 is 0 Å². The molecule has 0 unspecified atom stereocenters. The zero-order valence-corrected chi connectivity index (χ0v) is 17.7. The van der Waals surface area contributed by atoms with Gasteiger partial charge >= 0.3 is 0 Å². The molecule has 1 N–H and O–H groups in total. The van der Waals surface area contributed by atoms with Crippen LogP contribution in [0.5, 0.6) is 11.5 Å². The molecule has 1 amide bonds. The average Bonchev–Trinajstić information content (AvgIpc) is 2.82. The minimum atomic E-state index is -3.81. The Kier molecular flexibility index (Phi) is 5.81. The predicted molar refractivity (Wildman–Crippen MR) is 117 cm³/mol. The quantitative estimate of drug-likeness (QED) is 0.639. The van der Waals surface area contributed by atoms with Crippen molar-refractivity contribution >= 4 is 21.6 Å². The van der Waals surface area contributed by atoms with Gasteiger partial charge in [0.1, 0.15) is 12.7 Å². The van der Waals surface area contributed by atoms with Crippen LogP contribution in [-0.4, -0.2) is 40.6 Å². The first kappa shape index (κ1) is 20.7. The summed E-state index contributed by atoms with van der Waals surface area (Å²) in [5, 5.41) is 2.79. The summed E-state index contributed by atoms with van der Waals surface area (Å²) >= 11 is 0. The number of carbonyl (C=O) groups excluding carboxylic acids is 1. The third-order valence-electron chi connectivity index (χ3n) is 4.93. The number of ether oxygens (including phenoxy) is 2. The lowest BCUT2D eigenvalue weighted by molar-refractivity contribution is 0.0789. The third-order valence-corrected chi connectivity index (χ3v) is 6.71. The van der Waals surface area contributed by atoms with E-state index >= 15 is 0 Å². The van der Waals surface area contributed by atoms with Crippen LogP contribution in [0.2, 0.25) is 0 Å². The molecule has 0 bridgehead atoms. The van der Waals surface area contributed by atoms with Gasteiger partial charge < -0.3 is 14.8 Å². The fraction of sp³-hybridized carbons (Fsp3) is 0.174. The molecule has 1 heterocycles. The van der Waals surface area contributed by atoms with E-state index in [-0.39, 0.29) is 29.0 Å². The molecular formula is C23H22N2O5S. The van der Waals surface area contributed by atoms with E-state index in [2.05, 4.69) is 5.32 Å². The zero-order chi connectivity index (χ0) is 21.8. The highest BCUT2D eigenvalue weighted by molar-refractivity contribution is 7.92. The lowest BCUT2D eigenvalue weighted by atomic mass is 10.2. The Bertz CT molecular complexity index is 1180. The second-order valence-electron chi connectivity index (χ2n) is 7.04. The first-order valence-electron chi connectivity index (χ1n) is 9.76. The summed E-state index contributed by atoms with van der Waals surface area (Å²) in [5.74, 6) is 0.914. The summed E-state index contributed by atoms with van der Waals surface area (Å²) < 4.78 is 38.6. The van der Waals surface area contributed by atoms with Crippen molar-refractivity contribution in [2.45, 2.75) is 11.0 Å². The first-order chi connectivity index (χ1) is 14.9. The minimum Gasteiger partial charge on any atom is -0.486 e. The Hall–Kier alpha value is -3.52. The van der Waals surface area contributed by atoms with Crippen molar-refractivity contribution in [2.75, 3.05) is 24.5 Å². The minimum absolute atomic E-state index is 0.0395. The molecule has 8 heteroatoms. The summed E-state index contributed by atoms with van der Waals surface area (Å²) in [6, 6.07) is 22.1. The fourth-order valence-electron chi connectivity index (χ4n) is 3.20. The molecule has 0 saturated carbocycles. The van der Waals surface area contributed by atoms with Gasteiger partial charge in [-0.1, -0.05) is 36.4 Å². The normalized spacial score (nSPS) is 15.2. The molecule has 0 spiro atoms. The summed E-state index contributed by atoms with van der Waals surface area (Å²) in [6.07, 6.45) is -0.338. The van der Waals surface area contributed by atoms with Crippen molar-refractivity contribution in [1.29, 1.82) is 0 Å². The summed E-state index contributed by atoms with van der Waals surface area (Å²) in [4.78, 5) is 12.7. The van der Waals surface area contributed by atoms with Gasteiger partial charge in [-0.05, 0) is 42.5 Å². The maximum absolute atomic E-state index is 13.0. The van der Waals surface area contributed by atoms with E-state index in [1.54, 1.807) is 42.5 Å². The van der Waals surface area contributed by atoms with Gasteiger partial charge in [-0.25, -0.2) is 8.42 Å². The number of nitrogens with one attached hydrogen (secondary N) is 1. The van der Waals surface area contributed by atoms with Gasteiger partial charge in [-0.2, -0.15) is 0 Å². The van der Waals surface area contributed by atoms with Gasteiger partial charge in [0.15, 0.2) is 11.5 Å². The van der Waals surface area contributed by atoms with Crippen LogP contribution in [0.25, 0.3) is 0 Å². The van der Waals surface area contributed by atoms with Crippen molar-refractivity contribution in [1.82, 2.24) is 5.32 Å². The Morgan fingerprint density at radius 2 is 1.71 bits per heavy atom. The lowest BCUT2D eigenvalue weighted by Crippen LogP contribution is -2.40. The molecule has 0 aliphatic carbocycles. The van der Waals surface area contributed by atoms with Gasteiger partial charge in [-0.3, -0.25) is 9.10 Å². The van der Waals surface area contributed by atoms with Gasteiger partial charge in [-0.15, -0.1) is 0 Å². The molecule has 3 aromatic carbocycles. The molecule has 0 aromatic heterocycles. The van der Waals surface area contributed by atoms with Crippen molar-refractivity contribution < 1.29 is 22.7 Å². The molecule has 31 heavy (non-hydrogen) atoms. The van der Waals surface area contributed by atoms with E-state index in [9.17, 15) is 13.2 Å². The summed E-state index contributed by atoms with van der Waals surface area (Å²) in [7, 11) is -2.33. The van der Waals surface area contributed by atoms with E-state index in [0.29, 0.717) is 23.8 Å². The maximum atomic E-state index is 13.0. The monoisotopic (exact) mass is 438 g/mol. The summed E-state index contributed by atoms with van der Waals surface area (Å²) in [5.41, 5.74) is 0.784. The Balaban J connectivity index is 1.44. The van der Waals surface area contributed by atoms with E-state index in [1.807, 2.05) is 24.3 Å². The third kappa shape index (κ3) is 4.49. The van der Waals surface area contributed by atoms with E-state index in [1.165, 1.54) is 23.5 Å². The topological polar surface area (TPSA) is 84.9 Å². The Labute approximate surface area is 181 Å². The van der Waals surface area contributed by atoms with Crippen molar-refractivity contribution in [2.24, 2.45) is 0 Å². The van der Waals surface area contributed by atoms with E-state index < -0.39 is 10.0 Å². The van der Waals surface area contributed by atoms with Crippen molar-refractivity contribution in [3.05, 3.63) is 84.4 Å². The van der Waals surface area contributed by atoms with Crippen LogP contribution in [0.4, 0.5) is 5.69 Å². The van der Waals surface area contributed by atoms with E-state index in [4.69, 9.17) is 9.47 Å². The molecule has 1 atom stereocenters. The number of para-hydroxylation sites is 3. The van der Waals surface area contributed by atoms with Crippen molar-refractivity contribution in [3.8, 4) is 11.5 Å². The van der Waals surface area contributed by atoms with Gasteiger partial charge in [0, 0.05) is 12.6 Å². The second-order valence-corrected chi connectivity index (χ2v) is 9.01. The highest BCUT2D eigenvalue weighted by Crippen LogP contribution is 2.30. The van der Waals surface area contributed by atoms with Crippen LogP contribution in [0.15, 0.2) is 83.8 Å². The number of hydrogen-bond acceptors (Lipinski definition) is 5. The van der Waals surface area contributed by atoms with Gasteiger partial charge in [0.2, 0.25) is 0 Å². The zero-order valence-electron chi connectivity index (χ0n) is 16.9. The SMILES string of the molecule is CN(c1ccccc1)S(=O)(=O)c1cccc(C(=O)NC[C@@H]2COc3ccccc3O2)c1. The number of hydrogen-bond donors (Lipinski definition) is 1. The molecule has 7 nitrogen and oxygen atoms in total. The Morgan fingerprint density at radius 1 is 1.00 bits per heavy atom. The average molecular weight is 439 g/mol. The second kappa shape index (κ2) is 8.69. The first-order valence-corrected chi connectivity index (χ1v) is 11.2. The van der Waals surface area contributed by atoms with E-state index in [0.717, 1.165) is 0 Å². The van der Waals surface area contributed by atoms with Crippen LogP contribution < -0.4 is 19.1 Å². The lowest BCUT2D eigenvalue weighted by Gasteiger charge is -2.26. The van der Waals surface area contributed by atoms with Crippen molar-refractivity contribution in [3.63, 3.8) is 0 Å². The van der Waals surface area contributed by atoms with Crippen LogP contribution in [0.1, 0.15) is 10.4 Å². The molecule has 160 valence electrons. The molecule has 1 aliphatic rings. The molecule has 0 fully saturated rings.